The van der Waals surface area contributed by atoms with E-state index in [1.54, 1.807) is 24.8 Å². The normalized spacial score (nSPS) is 11.5. The van der Waals surface area contributed by atoms with E-state index in [2.05, 4.69) is 10.3 Å². The molecule has 13 heteroatoms. The van der Waals surface area contributed by atoms with E-state index in [1.807, 2.05) is 0 Å². The first-order valence-electron chi connectivity index (χ1n) is 9.61. The molecule has 2 aromatic carbocycles. The first-order chi connectivity index (χ1) is 16.0. The van der Waals surface area contributed by atoms with Crippen molar-refractivity contribution in [3.8, 4) is 5.69 Å². The fraction of sp³-hybridized carbons (Fsp3) is 0.0952. The lowest BCUT2D eigenvalue weighted by atomic mass is 10.1. The van der Waals surface area contributed by atoms with Gasteiger partial charge in [-0.05, 0) is 49.4 Å². The Balaban J connectivity index is 1.77. The highest BCUT2D eigenvalue weighted by Crippen LogP contribution is 2.22. The van der Waals surface area contributed by atoms with E-state index in [0.29, 0.717) is 22.7 Å². The molecule has 0 saturated carbocycles. The van der Waals surface area contributed by atoms with Crippen LogP contribution >= 0.6 is 11.3 Å². The van der Waals surface area contributed by atoms with Crippen molar-refractivity contribution in [3.63, 3.8) is 0 Å². The van der Waals surface area contributed by atoms with Gasteiger partial charge in [-0.25, -0.2) is 31.3 Å². The monoisotopic (exact) mass is 506 g/mol. The number of halogens is 2. The fourth-order valence-electron chi connectivity index (χ4n) is 3.27. The molecule has 0 bridgehead atoms. The average molecular weight is 507 g/mol. The Hall–Kier alpha value is -3.84. The third-order valence-corrected chi connectivity index (χ3v) is 7.72. The van der Waals surface area contributed by atoms with Gasteiger partial charge in [0.25, 0.3) is 21.5 Å². The van der Waals surface area contributed by atoms with Gasteiger partial charge in [0, 0.05) is 23.2 Å². The lowest BCUT2D eigenvalue weighted by Gasteiger charge is -2.11. The van der Waals surface area contributed by atoms with Crippen LogP contribution in [0.4, 0.5) is 14.5 Å². The second-order valence-corrected chi connectivity index (χ2v) is 10.4. The first-order valence-corrected chi connectivity index (χ1v) is 11.9. The SMILES string of the molecule is CNc1ccc2c(=O)n(-c3c(F)cc(C(=O)NS(=O)(=O)c4ccc(C)s4)cc3F)c(=O)[nH]c2c1. The predicted molar refractivity (Wildman–Crippen MR) is 123 cm³/mol. The van der Waals surface area contributed by atoms with E-state index in [4.69, 9.17) is 0 Å². The average Bonchev–Trinajstić information content (AvgIpc) is 3.22. The van der Waals surface area contributed by atoms with Crippen LogP contribution in [0.2, 0.25) is 0 Å². The number of hydrogen-bond acceptors (Lipinski definition) is 7. The molecule has 176 valence electrons. The molecule has 0 saturated heterocycles. The van der Waals surface area contributed by atoms with E-state index in [-0.39, 0.29) is 19.7 Å². The van der Waals surface area contributed by atoms with Crippen LogP contribution in [0.25, 0.3) is 16.6 Å². The second-order valence-electron chi connectivity index (χ2n) is 7.17. The standard InChI is InChI=1S/C21H16F2N4O5S2/c1-10-3-6-17(33-10)34(31,32)26-19(28)11-7-14(22)18(15(23)8-11)27-20(29)13-5-4-12(24-2)9-16(13)25-21(27)30/h3-9,24H,1-2H3,(H,25,30)(H,26,28). The summed E-state index contributed by atoms with van der Waals surface area (Å²) < 4.78 is 56.4. The van der Waals surface area contributed by atoms with Gasteiger partial charge in [-0.3, -0.25) is 9.59 Å². The summed E-state index contributed by atoms with van der Waals surface area (Å²) in [6.07, 6.45) is 0. The molecule has 2 heterocycles. The zero-order valence-electron chi connectivity index (χ0n) is 17.6. The summed E-state index contributed by atoms with van der Waals surface area (Å²) in [5.41, 5.74) is -2.98. The van der Waals surface area contributed by atoms with Crippen LogP contribution < -0.4 is 21.3 Å². The Labute approximate surface area is 194 Å². The first kappa shape index (κ1) is 23.3. The van der Waals surface area contributed by atoms with Crippen molar-refractivity contribution < 1.29 is 22.0 Å². The molecule has 0 aliphatic heterocycles. The third-order valence-electron chi connectivity index (χ3n) is 4.90. The van der Waals surface area contributed by atoms with E-state index < -0.39 is 50.1 Å². The Bertz CT molecular complexity index is 1670. The minimum absolute atomic E-state index is 0.00319. The Kier molecular flexibility index (Phi) is 5.83. The summed E-state index contributed by atoms with van der Waals surface area (Å²) in [7, 11) is -2.63. The number of aryl methyl sites for hydroxylation is 1. The molecule has 0 aliphatic carbocycles. The number of aromatic nitrogens is 2. The maximum Gasteiger partial charge on any atom is 0.333 e. The van der Waals surface area contributed by atoms with Crippen LogP contribution in [0.5, 0.6) is 0 Å². The van der Waals surface area contributed by atoms with Gasteiger partial charge in [-0.2, -0.15) is 0 Å². The van der Waals surface area contributed by atoms with Gasteiger partial charge in [-0.1, -0.05) is 0 Å². The number of carbonyl (C=O) groups is 1. The van der Waals surface area contributed by atoms with Gasteiger partial charge >= 0.3 is 5.69 Å². The van der Waals surface area contributed by atoms with E-state index in [9.17, 15) is 31.6 Å². The molecular weight excluding hydrogens is 490 g/mol. The van der Waals surface area contributed by atoms with Crippen molar-refractivity contribution in [2.24, 2.45) is 0 Å². The molecule has 0 radical (unpaired) electrons. The number of nitrogens with one attached hydrogen (secondary N) is 3. The smallest absolute Gasteiger partial charge is 0.333 e. The molecule has 34 heavy (non-hydrogen) atoms. The van der Waals surface area contributed by atoms with Crippen molar-refractivity contribution in [1.82, 2.24) is 14.3 Å². The molecule has 3 N–H and O–H groups in total. The van der Waals surface area contributed by atoms with E-state index in [0.717, 1.165) is 11.3 Å². The molecular formula is C21H16F2N4O5S2. The van der Waals surface area contributed by atoms with E-state index in [1.165, 1.54) is 24.3 Å². The maximum absolute atomic E-state index is 14.9. The summed E-state index contributed by atoms with van der Waals surface area (Å²) in [4.78, 5) is 40.8. The van der Waals surface area contributed by atoms with Gasteiger partial charge < -0.3 is 10.3 Å². The molecule has 9 nitrogen and oxygen atoms in total. The van der Waals surface area contributed by atoms with Crippen LogP contribution in [0.3, 0.4) is 0 Å². The van der Waals surface area contributed by atoms with Crippen LogP contribution in [0.15, 0.2) is 56.3 Å². The topological polar surface area (TPSA) is 130 Å². The molecule has 0 spiro atoms. The largest absolute Gasteiger partial charge is 0.388 e. The highest BCUT2D eigenvalue weighted by molar-refractivity contribution is 7.92. The van der Waals surface area contributed by atoms with Crippen molar-refractivity contribution in [1.29, 1.82) is 0 Å². The van der Waals surface area contributed by atoms with Crippen LogP contribution in [0, 0.1) is 18.6 Å². The summed E-state index contributed by atoms with van der Waals surface area (Å²) in [6, 6.07) is 8.32. The molecule has 4 rings (SSSR count). The van der Waals surface area contributed by atoms with Gasteiger partial charge in [0.2, 0.25) is 0 Å². The fourth-order valence-corrected chi connectivity index (χ4v) is 5.53. The van der Waals surface area contributed by atoms with E-state index >= 15 is 0 Å². The van der Waals surface area contributed by atoms with Crippen molar-refractivity contribution in [2.45, 2.75) is 11.1 Å². The number of carbonyl (C=O) groups excluding carboxylic acids is 1. The Morgan fingerprint density at radius 3 is 2.32 bits per heavy atom. The zero-order chi connectivity index (χ0) is 24.8. The van der Waals surface area contributed by atoms with Gasteiger partial charge in [0.15, 0.2) is 11.6 Å². The molecule has 0 fully saturated rings. The van der Waals surface area contributed by atoms with Crippen LogP contribution in [-0.2, 0) is 10.0 Å². The molecule has 0 aliphatic rings. The Morgan fingerprint density at radius 2 is 1.74 bits per heavy atom. The number of benzene rings is 2. The third kappa shape index (κ3) is 4.10. The zero-order valence-corrected chi connectivity index (χ0v) is 19.2. The van der Waals surface area contributed by atoms with Crippen LogP contribution in [-0.4, -0.2) is 30.9 Å². The van der Waals surface area contributed by atoms with Crippen molar-refractivity contribution in [3.05, 3.63) is 85.4 Å². The minimum atomic E-state index is -4.26. The number of fused-ring (bicyclic) bond motifs is 1. The lowest BCUT2D eigenvalue weighted by Crippen LogP contribution is -2.35. The quantitative estimate of drug-likeness (QED) is 0.381. The van der Waals surface area contributed by atoms with Gasteiger partial charge in [-0.15, -0.1) is 11.3 Å². The number of rotatable bonds is 5. The summed E-state index contributed by atoms with van der Waals surface area (Å²) in [6.45, 7) is 1.67. The number of nitrogens with zero attached hydrogens (tertiary/aromatic N) is 1. The van der Waals surface area contributed by atoms with Gasteiger partial charge in [0.05, 0.1) is 10.9 Å². The number of H-pyrrole nitrogens is 1. The molecule has 0 atom stereocenters. The number of amides is 1. The molecule has 2 aromatic heterocycles. The molecule has 4 aromatic rings. The summed E-state index contributed by atoms with van der Waals surface area (Å²) in [5.74, 6) is -4.10. The predicted octanol–water partition coefficient (Wildman–Crippen LogP) is 2.49. The highest BCUT2D eigenvalue weighted by atomic mass is 32.2. The summed E-state index contributed by atoms with van der Waals surface area (Å²) >= 11 is 0.913. The minimum Gasteiger partial charge on any atom is -0.388 e. The number of anilines is 1. The number of thiophene rings is 1. The molecule has 0 unspecified atom stereocenters. The van der Waals surface area contributed by atoms with Crippen LogP contribution in [0.1, 0.15) is 15.2 Å². The lowest BCUT2D eigenvalue weighted by molar-refractivity contribution is 0.0980. The summed E-state index contributed by atoms with van der Waals surface area (Å²) in [5, 5.41) is 2.83. The second kappa shape index (κ2) is 8.50. The number of aromatic amines is 1. The Morgan fingerprint density at radius 1 is 1.06 bits per heavy atom. The highest BCUT2D eigenvalue weighted by Gasteiger charge is 2.24. The number of sulfonamides is 1. The van der Waals surface area contributed by atoms with Crippen molar-refractivity contribution in [2.75, 3.05) is 12.4 Å². The van der Waals surface area contributed by atoms with Crippen molar-refractivity contribution >= 4 is 43.9 Å². The molecule has 1 amide bonds. The maximum atomic E-state index is 14.9. The van der Waals surface area contributed by atoms with Gasteiger partial charge in [0.1, 0.15) is 9.90 Å². The number of hydrogen-bond donors (Lipinski definition) is 3.